The lowest BCUT2D eigenvalue weighted by molar-refractivity contribution is -0.139. The number of nitrogens with zero attached hydrogens (tertiary/aromatic N) is 2. The summed E-state index contributed by atoms with van der Waals surface area (Å²) in [5.41, 5.74) is 0.606. The molecule has 11 heteroatoms. The van der Waals surface area contributed by atoms with Crippen molar-refractivity contribution < 1.29 is 33.0 Å². The maximum atomic E-state index is 14.3. The Balaban J connectivity index is 1.53. The molecule has 3 aromatic rings. The first-order valence-electron chi connectivity index (χ1n) is 10.7. The maximum Gasteiger partial charge on any atom is 0.337 e. The van der Waals surface area contributed by atoms with Gasteiger partial charge in [-0.05, 0) is 18.2 Å². The maximum absolute atomic E-state index is 14.3. The smallest absolute Gasteiger partial charge is 0.337 e. The predicted octanol–water partition coefficient (Wildman–Crippen LogP) is 3.40. The molecule has 0 aliphatic carbocycles. The third kappa shape index (κ3) is 4.93. The van der Waals surface area contributed by atoms with Crippen molar-refractivity contribution >= 4 is 40.3 Å². The molecule has 1 aliphatic rings. The lowest BCUT2D eigenvalue weighted by Crippen LogP contribution is -2.46. The van der Waals surface area contributed by atoms with Crippen LogP contribution in [0.1, 0.15) is 22.3 Å². The number of carbonyl (C=O) groups is 3. The highest BCUT2D eigenvalue weighted by molar-refractivity contribution is 6.30. The summed E-state index contributed by atoms with van der Waals surface area (Å²) in [4.78, 5) is 38.7. The van der Waals surface area contributed by atoms with Gasteiger partial charge in [-0.1, -0.05) is 23.7 Å². The molecule has 184 valence electrons. The summed E-state index contributed by atoms with van der Waals surface area (Å²) in [7, 11) is 1.46. The Morgan fingerprint density at radius 1 is 1.26 bits per heavy atom. The standard InChI is InChI=1S/C24H22ClF2N3O5/c1-35-15-5-6-16-17(24(33)34)11-29(19(16)8-15)12-21(31)30-10-14(26)7-20(30)23(32)28-9-13-3-2-4-18(25)22(13)27/h2-6,8,11,14,20H,7,9-10,12H2,1H3,(H,28,32)(H,33,34)/t14-,20+/m1/s1. The summed E-state index contributed by atoms with van der Waals surface area (Å²) in [5, 5.41) is 12.4. The molecule has 0 unspecified atom stereocenters. The van der Waals surface area contributed by atoms with Crippen molar-refractivity contribution in [3.8, 4) is 5.75 Å². The lowest BCUT2D eigenvalue weighted by Gasteiger charge is -2.24. The van der Waals surface area contributed by atoms with E-state index in [1.165, 1.54) is 36.1 Å². The first kappa shape index (κ1) is 24.5. The number of nitrogens with one attached hydrogen (secondary N) is 1. The van der Waals surface area contributed by atoms with Gasteiger partial charge in [0, 0.05) is 36.2 Å². The minimum atomic E-state index is -1.41. The van der Waals surface area contributed by atoms with E-state index < -0.39 is 35.8 Å². The number of aromatic carboxylic acids is 1. The van der Waals surface area contributed by atoms with Crippen molar-refractivity contribution in [1.29, 1.82) is 0 Å². The van der Waals surface area contributed by atoms with Crippen molar-refractivity contribution in [2.45, 2.75) is 31.7 Å². The molecule has 2 heterocycles. The molecule has 8 nitrogen and oxygen atoms in total. The molecule has 35 heavy (non-hydrogen) atoms. The lowest BCUT2D eigenvalue weighted by atomic mass is 10.1. The van der Waals surface area contributed by atoms with Crippen LogP contribution in [0.15, 0.2) is 42.6 Å². The summed E-state index contributed by atoms with van der Waals surface area (Å²) in [6, 6.07) is 8.08. The average molecular weight is 506 g/mol. The number of carboxylic acid groups (broad SMARTS) is 1. The Morgan fingerprint density at radius 2 is 2.03 bits per heavy atom. The van der Waals surface area contributed by atoms with Crippen LogP contribution in [0.3, 0.4) is 0 Å². The second kappa shape index (κ2) is 9.91. The van der Waals surface area contributed by atoms with Crippen LogP contribution in [0.25, 0.3) is 10.9 Å². The Kier molecular flexibility index (Phi) is 6.93. The number of halogens is 3. The molecule has 2 N–H and O–H groups in total. The number of hydrogen-bond donors (Lipinski definition) is 2. The molecule has 1 fully saturated rings. The first-order valence-corrected chi connectivity index (χ1v) is 11.1. The van der Waals surface area contributed by atoms with Crippen molar-refractivity contribution in [3.63, 3.8) is 0 Å². The van der Waals surface area contributed by atoms with Gasteiger partial charge < -0.3 is 24.6 Å². The van der Waals surface area contributed by atoms with E-state index in [-0.39, 0.29) is 42.2 Å². The largest absolute Gasteiger partial charge is 0.497 e. The molecular weight excluding hydrogens is 484 g/mol. The Bertz CT molecular complexity index is 1310. The topological polar surface area (TPSA) is 101 Å². The van der Waals surface area contributed by atoms with Gasteiger partial charge in [-0.2, -0.15) is 0 Å². The molecule has 2 atom stereocenters. The SMILES string of the molecule is COc1ccc2c(C(=O)O)cn(CC(=O)N3C[C@H](F)C[C@H]3C(=O)NCc3cccc(Cl)c3F)c2c1. The van der Waals surface area contributed by atoms with Gasteiger partial charge in [0.2, 0.25) is 11.8 Å². The number of likely N-dealkylation sites (tertiary alicyclic amines) is 1. The fraction of sp³-hybridized carbons (Fsp3) is 0.292. The highest BCUT2D eigenvalue weighted by Gasteiger charge is 2.39. The molecule has 1 saturated heterocycles. The van der Waals surface area contributed by atoms with Gasteiger partial charge in [0.05, 0.1) is 29.8 Å². The van der Waals surface area contributed by atoms with Gasteiger partial charge in [-0.3, -0.25) is 9.59 Å². The minimum Gasteiger partial charge on any atom is -0.497 e. The summed E-state index contributed by atoms with van der Waals surface area (Å²) in [5.74, 6) is -2.54. The molecule has 0 radical (unpaired) electrons. The average Bonchev–Trinajstić information content (AvgIpc) is 3.40. The Hall–Kier alpha value is -3.66. The van der Waals surface area contributed by atoms with E-state index in [4.69, 9.17) is 16.3 Å². The number of carbonyl (C=O) groups excluding carboxylic acids is 2. The molecule has 1 aromatic heterocycles. The van der Waals surface area contributed by atoms with Crippen molar-refractivity contribution in [2.24, 2.45) is 0 Å². The first-order chi connectivity index (χ1) is 16.7. The van der Waals surface area contributed by atoms with Gasteiger partial charge in [-0.25, -0.2) is 13.6 Å². The molecular formula is C24H22ClF2N3O5. The molecule has 2 amide bonds. The van der Waals surface area contributed by atoms with Crippen molar-refractivity contribution in [3.05, 3.63) is 64.6 Å². The number of methoxy groups -OCH3 is 1. The second-order valence-corrected chi connectivity index (χ2v) is 8.59. The summed E-state index contributed by atoms with van der Waals surface area (Å²) in [6.07, 6.45) is -0.283. The summed E-state index contributed by atoms with van der Waals surface area (Å²) < 4.78 is 35.0. The molecule has 2 aromatic carbocycles. The molecule has 1 aliphatic heterocycles. The van der Waals surface area contributed by atoms with E-state index in [1.54, 1.807) is 18.2 Å². The zero-order valence-corrected chi connectivity index (χ0v) is 19.4. The summed E-state index contributed by atoms with van der Waals surface area (Å²) >= 11 is 5.76. The third-order valence-corrected chi connectivity index (χ3v) is 6.28. The number of benzene rings is 2. The van der Waals surface area contributed by atoms with E-state index >= 15 is 0 Å². The normalized spacial score (nSPS) is 17.5. The molecule has 4 rings (SSSR count). The predicted molar refractivity (Wildman–Crippen MR) is 124 cm³/mol. The van der Waals surface area contributed by atoms with Gasteiger partial charge in [0.25, 0.3) is 0 Å². The highest BCUT2D eigenvalue weighted by Crippen LogP contribution is 2.27. The number of ether oxygens (including phenoxy) is 1. The van der Waals surface area contributed by atoms with E-state index in [0.29, 0.717) is 16.7 Å². The van der Waals surface area contributed by atoms with E-state index in [9.17, 15) is 28.3 Å². The zero-order chi connectivity index (χ0) is 25.3. The number of rotatable bonds is 7. The van der Waals surface area contributed by atoms with E-state index in [1.807, 2.05) is 0 Å². The van der Waals surface area contributed by atoms with E-state index in [2.05, 4.69) is 5.32 Å². The number of hydrogen-bond acceptors (Lipinski definition) is 4. The second-order valence-electron chi connectivity index (χ2n) is 8.18. The fourth-order valence-corrected chi connectivity index (χ4v) is 4.42. The molecule has 0 saturated carbocycles. The Morgan fingerprint density at radius 3 is 2.74 bits per heavy atom. The Labute approximate surface area is 204 Å². The zero-order valence-electron chi connectivity index (χ0n) is 18.6. The molecule has 0 spiro atoms. The van der Waals surface area contributed by atoms with Crippen LogP contribution < -0.4 is 10.1 Å². The van der Waals surface area contributed by atoms with E-state index in [0.717, 1.165) is 4.90 Å². The third-order valence-electron chi connectivity index (χ3n) is 5.98. The van der Waals surface area contributed by atoms with Crippen LogP contribution in [0.2, 0.25) is 5.02 Å². The van der Waals surface area contributed by atoms with Gasteiger partial charge in [-0.15, -0.1) is 0 Å². The van der Waals surface area contributed by atoms with Crippen LogP contribution in [0.5, 0.6) is 5.75 Å². The quantitative estimate of drug-likeness (QED) is 0.512. The van der Waals surface area contributed by atoms with Gasteiger partial charge in [0.1, 0.15) is 30.3 Å². The number of aromatic nitrogens is 1. The van der Waals surface area contributed by atoms with Crippen LogP contribution in [0, 0.1) is 5.82 Å². The van der Waals surface area contributed by atoms with Crippen molar-refractivity contribution in [1.82, 2.24) is 14.8 Å². The van der Waals surface area contributed by atoms with Crippen LogP contribution in [0.4, 0.5) is 8.78 Å². The monoisotopic (exact) mass is 505 g/mol. The number of carboxylic acids is 1. The summed E-state index contributed by atoms with van der Waals surface area (Å²) in [6.45, 7) is -0.766. The van der Waals surface area contributed by atoms with Gasteiger partial charge >= 0.3 is 5.97 Å². The van der Waals surface area contributed by atoms with Crippen LogP contribution >= 0.6 is 11.6 Å². The number of amides is 2. The van der Waals surface area contributed by atoms with Crippen molar-refractivity contribution in [2.75, 3.05) is 13.7 Å². The molecule has 0 bridgehead atoms. The van der Waals surface area contributed by atoms with Crippen LogP contribution in [-0.2, 0) is 22.7 Å². The highest BCUT2D eigenvalue weighted by atomic mass is 35.5. The van der Waals surface area contributed by atoms with Gasteiger partial charge in [0.15, 0.2) is 0 Å². The number of fused-ring (bicyclic) bond motifs is 1. The number of alkyl halides is 1. The fourth-order valence-electron chi connectivity index (χ4n) is 4.23. The minimum absolute atomic E-state index is 0.00177. The van der Waals surface area contributed by atoms with Crippen LogP contribution in [-0.4, -0.2) is 58.2 Å².